The van der Waals surface area contributed by atoms with Crippen LogP contribution in [0.1, 0.15) is 50.9 Å². The van der Waals surface area contributed by atoms with E-state index < -0.39 is 0 Å². The monoisotopic (exact) mass is 443 g/mol. The number of piperidine rings is 1. The molecule has 33 heavy (non-hydrogen) atoms. The van der Waals surface area contributed by atoms with Crippen LogP contribution in [0.15, 0.2) is 48.8 Å². The van der Waals surface area contributed by atoms with E-state index >= 15 is 0 Å². The second-order valence-electron chi connectivity index (χ2n) is 10.2. The van der Waals surface area contributed by atoms with Gasteiger partial charge in [0.05, 0.1) is 11.2 Å². The lowest BCUT2D eigenvalue weighted by atomic mass is 9.79. The molecule has 0 spiro atoms. The number of rotatable bonds is 4. The number of nitrogens with zero attached hydrogens (tertiary/aromatic N) is 3. The molecule has 170 valence electrons. The highest BCUT2D eigenvalue weighted by atomic mass is 16.1. The predicted octanol–water partition coefficient (Wildman–Crippen LogP) is 4.05. The summed E-state index contributed by atoms with van der Waals surface area (Å²) in [6.07, 6.45) is 3.26. The zero-order chi connectivity index (χ0) is 23.2. The third-order valence-electron chi connectivity index (χ3n) is 6.17. The van der Waals surface area contributed by atoms with Gasteiger partial charge < -0.3 is 10.6 Å². The molecule has 2 aromatic carbocycles. The van der Waals surface area contributed by atoms with Crippen LogP contribution in [0.2, 0.25) is 0 Å². The molecule has 0 aliphatic carbocycles. The van der Waals surface area contributed by atoms with Crippen molar-refractivity contribution in [2.45, 2.75) is 57.7 Å². The van der Waals surface area contributed by atoms with E-state index in [4.69, 9.17) is 0 Å². The van der Waals surface area contributed by atoms with Crippen LogP contribution in [0.3, 0.4) is 0 Å². The number of carbonyl (C=O) groups is 1. The van der Waals surface area contributed by atoms with E-state index in [0.29, 0.717) is 11.4 Å². The van der Waals surface area contributed by atoms with Crippen molar-refractivity contribution in [3.8, 4) is 22.6 Å². The Morgan fingerprint density at radius 3 is 2.52 bits per heavy atom. The minimum atomic E-state index is -0.0578. The predicted molar refractivity (Wildman–Crippen MR) is 129 cm³/mol. The first-order valence-electron chi connectivity index (χ1n) is 11.2. The number of benzene rings is 2. The maximum atomic E-state index is 13.2. The molecule has 0 unspecified atom stereocenters. The molecule has 4 N–H and O–H groups in total. The molecule has 8 heteroatoms. The zero-order valence-corrected chi connectivity index (χ0v) is 19.4. The molecular formula is C25H29N7O. The summed E-state index contributed by atoms with van der Waals surface area (Å²) in [5.74, 6) is 0.641. The van der Waals surface area contributed by atoms with Crippen molar-refractivity contribution >= 4 is 16.8 Å². The van der Waals surface area contributed by atoms with E-state index in [-0.39, 0.29) is 23.0 Å². The topological polar surface area (TPSA) is 111 Å². The summed E-state index contributed by atoms with van der Waals surface area (Å²) in [5.41, 5.74) is 4.09. The lowest BCUT2D eigenvalue weighted by Crippen LogP contribution is -2.62. The van der Waals surface area contributed by atoms with Gasteiger partial charge in [-0.2, -0.15) is 10.2 Å². The van der Waals surface area contributed by atoms with Gasteiger partial charge in [0.25, 0.3) is 5.91 Å². The molecule has 2 aromatic heterocycles. The first-order valence-corrected chi connectivity index (χ1v) is 11.2. The number of hydrogen-bond donors (Lipinski definition) is 4. The number of aromatic nitrogens is 5. The number of H-pyrrole nitrogens is 2. The Bertz CT molecular complexity index is 1290. The van der Waals surface area contributed by atoms with E-state index in [1.54, 1.807) is 0 Å². The van der Waals surface area contributed by atoms with Gasteiger partial charge in [-0.05, 0) is 70.9 Å². The minimum Gasteiger partial charge on any atom is -0.349 e. The van der Waals surface area contributed by atoms with Gasteiger partial charge in [-0.15, -0.1) is 0 Å². The van der Waals surface area contributed by atoms with Crippen molar-refractivity contribution in [1.29, 1.82) is 0 Å². The lowest BCUT2D eigenvalue weighted by Gasteiger charge is -2.46. The Kier molecular flexibility index (Phi) is 5.05. The first-order chi connectivity index (χ1) is 15.7. The smallest absolute Gasteiger partial charge is 0.251 e. The van der Waals surface area contributed by atoms with Crippen molar-refractivity contribution in [2.24, 2.45) is 0 Å². The maximum absolute atomic E-state index is 13.2. The van der Waals surface area contributed by atoms with Gasteiger partial charge in [0.15, 0.2) is 5.82 Å². The highest BCUT2D eigenvalue weighted by Crippen LogP contribution is 2.31. The summed E-state index contributed by atoms with van der Waals surface area (Å²) in [6.45, 7) is 8.74. The van der Waals surface area contributed by atoms with Crippen LogP contribution in [0.4, 0.5) is 0 Å². The molecule has 1 fully saturated rings. The Morgan fingerprint density at radius 2 is 1.79 bits per heavy atom. The van der Waals surface area contributed by atoms with Crippen molar-refractivity contribution in [3.63, 3.8) is 0 Å². The number of aromatic amines is 2. The molecule has 1 aliphatic rings. The van der Waals surface area contributed by atoms with Gasteiger partial charge >= 0.3 is 0 Å². The van der Waals surface area contributed by atoms with E-state index in [1.165, 1.54) is 6.33 Å². The molecule has 1 aliphatic heterocycles. The van der Waals surface area contributed by atoms with Crippen LogP contribution in [0.25, 0.3) is 33.5 Å². The van der Waals surface area contributed by atoms with Gasteiger partial charge in [0.1, 0.15) is 6.33 Å². The zero-order valence-electron chi connectivity index (χ0n) is 19.4. The largest absolute Gasteiger partial charge is 0.349 e. The fourth-order valence-corrected chi connectivity index (χ4v) is 5.23. The Balaban J connectivity index is 1.42. The molecule has 0 saturated carbocycles. The average Bonchev–Trinajstić information content (AvgIpc) is 3.41. The van der Waals surface area contributed by atoms with Crippen LogP contribution >= 0.6 is 0 Å². The van der Waals surface area contributed by atoms with Crippen LogP contribution < -0.4 is 10.6 Å². The van der Waals surface area contributed by atoms with Crippen LogP contribution in [0.5, 0.6) is 0 Å². The molecule has 0 atom stereocenters. The fourth-order valence-electron chi connectivity index (χ4n) is 5.23. The molecule has 4 aromatic rings. The van der Waals surface area contributed by atoms with Gasteiger partial charge in [0, 0.05) is 39.2 Å². The average molecular weight is 444 g/mol. The Labute approximate surface area is 192 Å². The summed E-state index contributed by atoms with van der Waals surface area (Å²) in [5, 5.41) is 22.3. The highest BCUT2D eigenvalue weighted by molar-refractivity contribution is 5.99. The molecule has 8 nitrogen and oxygen atoms in total. The van der Waals surface area contributed by atoms with Crippen LogP contribution in [-0.4, -0.2) is 48.4 Å². The number of carbonyl (C=O) groups excluding carboxylic acids is 1. The van der Waals surface area contributed by atoms with Gasteiger partial charge in [-0.1, -0.05) is 12.1 Å². The van der Waals surface area contributed by atoms with E-state index in [9.17, 15) is 4.79 Å². The molecule has 1 saturated heterocycles. The molecule has 1 amide bonds. The van der Waals surface area contributed by atoms with Crippen molar-refractivity contribution < 1.29 is 4.79 Å². The molecular weight excluding hydrogens is 414 g/mol. The summed E-state index contributed by atoms with van der Waals surface area (Å²) >= 11 is 0. The number of fused-ring (bicyclic) bond motifs is 1. The summed E-state index contributed by atoms with van der Waals surface area (Å²) in [7, 11) is 0. The first kappa shape index (κ1) is 21.3. The third kappa shape index (κ3) is 4.39. The fraction of sp³-hybridized carbons (Fsp3) is 0.360. The molecule has 5 rings (SSSR count). The van der Waals surface area contributed by atoms with Crippen molar-refractivity contribution in [2.75, 3.05) is 0 Å². The van der Waals surface area contributed by atoms with Gasteiger partial charge in [0.2, 0.25) is 0 Å². The standard InChI is InChI=1S/C25H29N7O/c1-24(2)12-18(13-25(3,4)32-24)28-23(33)17-7-5-6-15(10-17)21-19-11-16(22-26-14-27-31-22)8-9-20(19)29-30-21/h5-11,14,18,32H,12-13H2,1-4H3,(H,28,33)(H,29,30)(H,26,27,31). The number of amides is 1. The van der Waals surface area contributed by atoms with E-state index in [0.717, 1.165) is 40.6 Å². The lowest BCUT2D eigenvalue weighted by molar-refractivity contribution is 0.0873. The van der Waals surface area contributed by atoms with Gasteiger partial charge in [-0.25, -0.2) is 4.98 Å². The van der Waals surface area contributed by atoms with E-state index in [1.807, 2.05) is 42.5 Å². The molecule has 3 heterocycles. The van der Waals surface area contributed by atoms with Crippen LogP contribution in [-0.2, 0) is 0 Å². The quantitative estimate of drug-likeness (QED) is 0.380. The maximum Gasteiger partial charge on any atom is 0.251 e. The second-order valence-corrected chi connectivity index (χ2v) is 10.2. The summed E-state index contributed by atoms with van der Waals surface area (Å²) < 4.78 is 0. The molecule has 0 radical (unpaired) electrons. The normalized spacial score (nSPS) is 17.8. The molecule has 0 bridgehead atoms. The third-order valence-corrected chi connectivity index (χ3v) is 6.17. The van der Waals surface area contributed by atoms with E-state index in [2.05, 4.69) is 63.7 Å². The Morgan fingerprint density at radius 1 is 1.00 bits per heavy atom. The van der Waals surface area contributed by atoms with Crippen molar-refractivity contribution in [1.82, 2.24) is 36.0 Å². The minimum absolute atomic E-state index is 0.0310. The Hall–Kier alpha value is -3.52. The van der Waals surface area contributed by atoms with Crippen LogP contribution in [0, 0.1) is 0 Å². The van der Waals surface area contributed by atoms with Gasteiger partial charge in [-0.3, -0.25) is 15.0 Å². The summed E-state index contributed by atoms with van der Waals surface area (Å²) in [6, 6.07) is 13.7. The number of nitrogens with one attached hydrogen (secondary N) is 4. The highest BCUT2D eigenvalue weighted by Gasteiger charge is 2.38. The summed E-state index contributed by atoms with van der Waals surface area (Å²) in [4.78, 5) is 17.4. The van der Waals surface area contributed by atoms with Crippen molar-refractivity contribution in [3.05, 3.63) is 54.4 Å². The number of hydrogen-bond acceptors (Lipinski definition) is 5. The SMILES string of the molecule is CC1(C)CC(NC(=O)c2cccc(-c3n[nH]c4ccc(-c5ncn[nH]5)cc34)c2)CC(C)(C)N1. The second kappa shape index (κ2) is 7.81.